The van der Waals surface area contributed by atoms with Gasteiger partial charge in [-0.3, -0.25) is 5.41 Å². The quantitative estimate of drug-likeness (QED) is 0.372. The first-order valence-electron chi connectivity index (χ1n) is 5.77. The molecule has 0 aliphatic heterocycles. The standard InChI is InChI=1S/C13H15N3OS2/c1-9-8-19-13(16-9)18-7-6-17-11-4-2-10(3-5-11)12(14)15/h2-5,8H,6-7H2,1H3,(H3,14,15). The van der Waals surface area contributed by atoms with E-state index in [1.165, 1.54) is 0 Å². The second-order valence-electron chi connectivity index (χ2n) is 3.89. The van der Waals surface area contributed by atoms with Crippen LogP contribution in [0.3, 0.4) is 0 Å². The largest absolute Gasteiger partial charge is 0.493 e. The molecule has 3 N–H and O–H groups in total. The number of benzene rings is 1. The third-order valence-corrected chi connectivity index (χ3v) is 4.44. The number of nitrogen functional groups attached to an aromatic ring is 1. The van der Waals surface area contributed by atoms with Crippen LogP contribution in [-0.2, 0) is 0 Å². The number of nitrogens with one attached hydrogen (secondary N) is 1. The third kappa shape index (κ3) is 4.25. The van der Waals surface area contributed by atoms with Crippen LogP contribution in [0.4, 0.5) is 0 Å². The highest BCUT2D eigenvalue weighted by atomic mass is 32.2. The van der Waals surface area contributed by atoms with Crippen molar-refractivity contribution >= 4 is 28.9 Å². The van der Waals surface area contributed by atoms with Crippen molar-refractivity contribution in [1.29, 1.82) is 5.41 Å². The minimum absolute atomic E-state index is 0.0706. The Labute approximate surface area is 120 Å². The molecule has 0 bridgehead atoms. The van der Waals surface area contributed by atoms with Gasteiger partial charge in [0.25, 0.3) is 0 Å². The normalized spacial score (nSPS) is 10.4. The summed E-state index contributed by atoms with van der Waals surface area (Å²) < 4.78 is 6.69. The van der Waals surface area contributed by atoms with Crippen molar-refractivity contribution in [2.45, 2.75) is 11.3 Å². The Morgan fingerprint density at radius 3 is 2.74 bits per heavy atom. The number of hydrogen-bond donors (Lipinski definition) is 2. The van der Waals surface area contributed by atoms with Gasteiger partial charge >= 0.3 is 0 Å². The summed E-state index contributed by atoms with van der Waals surface area (Å²) in [5.41, 5.74) is 7.16. The van der Waals surface area contributed by atoms with Crippen molar-refractivity contribution in [3.63, 3.8) is 0 Å². The second kappa shape index (κ2) is 6.58. The molecule has 0 spiro atoms. The van der Waals surface area contributed by atoms with Crippen LogP contribution in [0.15, 0.2) is 34.0 Å². The molecule has 1 heterocycles. The molecule has 0 saturated carbocycles. The minimum atomic E-state index is 0.0706. The summed E-state index contributed by atoms with van der Waals surface area (Å²) in [7, 11) is 0. The molecule has 4 nitrogen and oxygen atoms in total. The Hall–Kier alpha value is -1.53. The van der Waals surface area contributed by atoms with Crippen LogP contribution in [0.5, 0.6) is 5.75 Å². The fourth-order valence-electron chi connectivity index (χ4n) is 1.42. The summed E-state index contributed by atoms with van der Waals surface area (Å²) in [6.07, 6.45) is 0. The van der Waals surface area contributed by atoms with Crippen molar-refractivity contribution in [1.82, 2.24) is 4.98 Å². The Morgan fingerprint density at radius 1 is 1.42 bits per heavy atom. The van der Waals surface area contributed by atoms with Crippen molar-refractivity contribution in [2.75, 3.05) is 12.4 Å². The number of aromatic nitrogens is 1. The molecule has 100 valence electrons. The molecule has 0 aliphatic rings. The fourth-order valence-corrected chi connectivity index (χ4v) is 3.15. The van der Waals surface area contributed by atoms with E-state index in [1.54, 1.807) is 35.2 Å². The molecule has 0 aliphatic carbocycles. The highest BCUT2D eigenvalue weighted by molar-refractivity contribution is 8.01. The molecular weight excluding hydrogens is 278 g/mol. The maximum Gasteiger partial charge on any atom is 0.150 e. The van der Waals surface area contributed by atoms with Gasteiger partial charge in [0, 0.05) is 22.4 Å². The summed E-state index contributed by atoms with van der Waals surface area (Å²) >= 11 is 3.36. The molecule has 2 aromatic rings. The lowest BCUT2D eigenvalue weighted by Gasteiger charge is -2.06. The smallest absolute Gasteiger partial charge is 0.150 e. The number of aryl methyl sites for hydroxylation is 1. The molecule has 0 saturated heterocycles. The first-order valence-corrected chi connectivity index (χ1v) is 7.64. The molecule has 1 aromatic heterocycles. The van der Waals surface area contributed by atoms with Crippen LogP contribution in [0.1, 0.15) is 11.3 Å². The van der Waals surface area contributed by atoms with Gasteiger partial charge in [0.05, 0.1) is 6.61 Å². The van der Waals surface area contributed by atoms with Gasteiger partial charge in [-0.2, -0.15) is 0 Å². The summed E-state index contributed by atoms with van der Waals surface area (Å²) in [5.74, 6) is 1.73. The van der Waals surface area contributed by atoms with E-state index in [-0.39, 0.29) is 5.84 Å². The maximum absolute atomic E-state index is 7.30. The van der Waals surface area contributed by atoms with Gasteiger partial charge in [0.1, 0.15) is 15.9 Å². The lowest BCUT2D eigenvalue weighted by Crippen LogP contribution is -2.10. The van der Waals surface area contributed by atoms with Crippen LogP contribution in [0, 0.1) is 12.3 Å². The lowest BCUT2D eigenvalue weighted by molar-refractivity contribution is 0.344. The van der Waals surface area contributed by atoms with Gasteiger partial charge in [-0.05, 0) is 31.2 Å². The van der Waals surface area contributed by atoms with Crippen molar-refractivity contribution in [3.05, 3.63) is 40.9 Å². The summed E-state index contributed by atoms with van der Waals surface area (Å²) in [5, 5.41) is 9.34. The number of rotatable bonds is 6. The van der Waals surface area contributed by atoms with E-state index >= 15 is 0 Å². The number of nitrogens with two attached hydrogens (primary N) is 1. The van der Waals surface area contributed by atoms with E-state index in [2.05, 4.69) is 4.98 Å². The third-order valence-electron chi connectivity index (χ3n) is 2.34. The molecule has 2 rings (SSSR count). The van der Waals surface area contributed by atoms with E-state index in [0.717, 1.165) is 21.5 Å². The number of amidine groups is 1. The van der Waals surface area contributed by atoms with Crippen LogP contribution < -0.4 is 10.5 Å². The molecule has 1 aromatic carbocycles. The van der Waals surface area contributed by atoms with Crippen molar-refractivity contribution in [3.8, 4) is 5.75 Å². The van der Waals surface area contributed by atoms with Gasteiger partial charge in [0.2, 0.25) is 0 Å². The Kier molecular flexibility index (Phi) is 4.81. The van der Waals surface area contributed by atoms with Gasteiger partial charge in [-0.15, -0.1) is 11.3 Å². The zero-order valence-electron chi connectivity index (χ0n) is 10.6. The SMILES string of the molecule is Cc1csc(SCCOc2ccc(C(=N)N)cc2)n1. The first kappa shape index (κ1) is 13.9. The van der Waals surface area contributed by atoms with Crippen molar-refractivity contribution in [2.24, 2.45) is 5.73 Å². The summed E-state index contributed by atoms with van der Waals surface area (Å²) in [4.78, 5) is 4.37. The number of nitrogens with zero attached hydrogens (tertiary/aromatic N) is 1. The summed E-state index contributed by atoms with van der Waals surface area (Å²) in [6, 6.07) is 7.23. The maximum atomic E-state index is 7.30. The highest BCUT2D eigenvalue weighted by Crippen LogP contribution is 2.22. The number of thioether (sulfide) groups is 1. The monoisotopic (exact) mass is 293 g/mol. The zero-order chi connectivity index (χ0) is 13.7. The highest BCUT2D eigenvalue weighted by Gasteiger charge is 2.00. The van der Waals surface area contributed by atoms with Gasteiger partial charge in [-0.1, -0.05) is 11.8 Å². The van der Waals surface area contributed by atoms with E-state index in [9.17, 15) is 0 Å². The van der Waals surface area contributed by atoms with Gasteiger partial charge < -0.3 is 10.5 Å². The Bertz CT molecular complexity index is 551. The van der Waals surface area contributed by atoms with Gasteiger partial charge in [0.15, 0.2) is 0 Å². The molecule has 19 heavy (non-hydrogen) atoms. The molecule has 0 radical (unpaired) electrons. The van der Waals surface area contributed by atoms with Crippen LogP contribution in [0.2, 0.25) is 0 Å². The average molecular weight is 293 g/mol. The van der Waals surface area contributed by atoms with Crippen LogP contribution in [0.25, 0.3) is 0 Å². The Balaban J connectivity index is 1.75. The van der Waals surface area contributed by atoms with E-state index in [4.69, 9.17) is 15.9 Å². The van der Waals surface area contributed by atoms with Crippen LogP contribution in [-0.4, -0.2) is 23.2 Å². The molecule has 6 heteroatoms. The Morgan fingerprint density at radius 2 is 2.16 bits per heavy atom. The van der Waals surface area contributed by atoms with E-state index < -0.39 is 0 Å². The minimum Gasteiger partial charge on any atom is -0.493 e. The second-order valence-corrected chi connectivity index (χ2v) is 6.09. The number of thiazole rings is 1. The zero-order valence-corrected chi connectivity index (χ0v) is 12.2. The van der Waals surface area contributed by atoms with E-state index in [1.807, 2.05) is 24.4 Å². The predicted octanol–water partition coefficient (Wildman–Crippen LogP) is 2.91. The molecule has 0 unspecified atom stereocenters. The first-order chi connectivity index (χ1) is 9.15. The van der Waals surface area contributed by atoms with Crippen molar-refractivity contribution < 1.29 is 4.74 Å². The lowest BCUT2D eigenvalue weighted by atomic mass is 10.2. The average Bonchev–Trinajstić information content (AvgIpc) is 2.81. The fraction of sp³-hybridized carbons (Fsp3) is 0.231. The molecule has 0 atom stereocenters. The van der Waals surface area contributed by atoms with Gasteiger partial charge in [-0.25, -0.2) is 4.98 Å². The summed E-state index contributed by atoms with van der Waals surface area (Å²) in [6.45, 7) is 2.62. The molecular formula is C13H15N3OS2. The van der Waals surface area contributed by atoms with Crippen LogP contribution >= 0.6 is 23.1 Å². The topological polar surface area (TPSA) is 72.0 Å². The number of ether oxygens (including phenoxy) is 1. The van der Waals surface area contributed by atoms with E-state index in [0.29, 0.717) is 12.2 Å². The predicted molar refractivity (Wildman–Crippen MR) is 80.5 cm³/mol. The molecule has 0 amide bonds. The molecule has 0 fully saturated rings. The number of hydrogen-bond acceptors (Lipinski definition) is 5.